The molecule has 2 aliphatic rings. The molecule has 0 saturated heterocycles. The van der Waals surface area contributed by atoms with Gasteiger partial charge in [-0.05, 0) is 48.9 Å². The lowest BCUT2D eigenvalue weighted by molar-refractivity contribution is -0.129. The van der Waals surface area contributed by atoms with Crippen molar-refractivity contribution in [3.63, 3.8) is 0 Å². The van der Waals surface area contributed by atoms with Crippen molar-refractivity contribution < 1.29 is 9.53 Å². The first-order valence-electron chi connectivity index (χ1n) is 7.08. The van der Waals surface area contributed by atoms with Crippen LogP contribution in [0.25, 0.3) is 0 Å². The van der Waals surface area contributed by atoms with E-state index in [1.54, 1.807) is 7.11 Å². The van der Waals surface area contributed by atoms with Gasteiger partial charge in [0.25, 0.3) is 0 Å². The van der Waals surface area contributed by atoms with E-state index in [0.717, 1.165) is 31.4 Å². The third-order valence-electron chi connectivity index (χ3n) is 4.80. The number of carbonyl (C=O) groups excluding carboxylic acids is 1. The highest BCUT2D eigenvalue weighted by molar-refractivity contribution is 5.95. The lowest BCUT2D eigenvalue weighted by atomic mass is 9.62. The number of hydrogen-bond acceptors (Lipinski definition) is 2. The molecule has 0 spiro atoms. The first kappa shape index (κ1) is 12.5. The van der Waals surface area contributed by atoms with Crippen molar-refractivity contribution in [3.8, 4) is 5.75 Å². The van der Waals surface area contributed by atoms with Gasteiger partial charge in [-0.25, -0.2) is 0 Å². The predicted octanol–water partition coefficient (Wildman–Crippen LogP) is 3.43. The highest BCUT2D eigenvalue weighted by Crippen LogP contribution is 2.46. The third kappa shape index (κ3) is 1.73. The van der Waals surface area contributed by atoms with Crippen LogP contribution in [0.4, 0.5) is 0 Å². The van der Waals surface area contributed by atoms with E-state index >= 15 is 0 Å². The molecule has 1 aromatic rings. The molecule has 2 atom stereocenters. The van der Waals surface area contributed by atoms with Crippen LogP contribution in [0.5, 0.6) is 5.75 Å². The van der Waals surface area contributed by atoms with Crippen LogP contribution in [-0.4, -0.2) is 12.9 Å². The van der Waals surface area contributed by atoms with Crippen LogP contribution in [0, 0.1) is 5.92 Å². The van der Waals surface area contributed by atoms with Crippen molar-refractivity contribution in [3.05, 3.63) is 41.5 Å². The molecular formula is C17H20O2. The summed E-state index contributed by atoms with van der Waals surface area (Å²) in [6.45, 7) is 2.13. The van der Waals surface area contributed by atoms with Crippen LogP contribution in [-0.2, 0) is 16.6 Å². The Morgan fingerprint density at radius 3 is 2.95 bits per heavy atom. The van der Waals surface area contributed by atoms with Crippen LogP contribution in [0.2, 0.25) is 0 Å². The summed E-state index contributed by atoms with van der Waals surface area (Å²) in [6, 6.07) is 6.23. The standard InChI is InChI=1S/C17H20O2/c1-3-17-9-5-4-6-13(16(17)18)10-12-7-8-14(19-2)11-15(12)17/h4-5,7-8,11,13H,3,6,9-10H2,1-2H3. The minimum absolute atomic E-state index is 0.166. The van der Waals surface area contributed by atoms with Gasteiger partial charge in [-0.2, -0.15) is 0 Å². The van der Waals surface area contributed by atoms with E-state index in [4.69, 9.17) is 4.74 Å². The summed E-state index contributed by atoms with van der Waals surface area (Å²) in [6.07, 6.45) is 7.85. The smallest absolute Gasteiger partial charge is 0.147 e. The van der Waals surface area contributed by atoms with Gasteiger partial charge in [0.2, 0.25) is 0 Å². The molecule has 2 heteroatoms. The number of fused-ring (bicyclic) bond motifs is 4. The Bertz CT molecular complexity index is 544. The fourth-order valence-corrected chi connectivity index (χ4v) is 3.64. The summed E-state index contributed by atoms with van der Waals surface area (Å²) >= 11 is 0. The SMILES string of the molecule is CCC12CC=CCC(Cc3ccc(OC)cc31)C2=O. The molecular weight excluding hydrogens is 236 g/mol. The van der Waals surface area contributed by atoms with Gasteiger partial charge in [0.15, 0.2) is 0 Å². The molecule has 0 heterocycles. The fraction of sp³-hybridized carbons (Fsp3) is 0.471. The molecule has 0 aliphatic heterocycles. The number of ketones is 1. The van der Waals surface area contributed by atoms with Crippen LogP contribution in [0.3, 0.4) is 0 Å². The average Bonchev–Trinajstić information content (AvgIpc) is 2.55. The number of allylic oxidation sites excluding steroid dienone is 2. The molecule has 100 valence electrons. The highest BCUT2D eigenvalue weighted by atomic mass is 16.5. The molecule has 0 aromatic heterocycles. The minimum Gasteiger partial charge on any atom is -0.497 e. The number of rotatable bonds is 2. The fourth-order valence-electron chi connectivity index (χ4n) is 3.64. The predicted molar refractivity (Wildman–Crippen MR) is 75.5 cm³/mol. The number of methoxy groups -OCH3 is 1. The summed E-state index contributed by atoms with van der Waals surface area (Å²) in [5.74, 6) is 1.45. The molecule has 2 nitrogen and oxygen atoms in total. The number of ether oxygens (including phenoxy) is 1. The molecule has 0 fully saturated rings. The second-order valence-corrected chi connectivity index (χ2v) is 5.64. The van der Waals surface area contributed by atoms with Gasteiger partial charge in [-0.15, -0.1) is 0 Å². The summed E-state index contributed by atoms with van der Waals surface area (Å²) < 4.78 is 5.34. The summed E-state index contributed by atoms with van der Waals surface area (Å²) in [5, 5.41) is 0. The Morgan fingerprint density at radius 1 is 1.37 bits per heavy atom. The lowest BCUT2D eigenvalue weighted by Crippen LogP contribution is -2.43. The van der Waals surface area contributed by atoms with Gasteiger partial charge in [0.1, 0.15) is 11.5 Å². The molecule has 1 aromatic carbocycles. The minimum atomic E-state index is -0.320. The monoisotopic (exact) mass is 256 g/mol. The van der Waals surface area contributed by atoms with Gasteiger partial charge in [0, 0.05) is 5.92 Å². The van der Waals surface area contributed by atoms with E-state index in [9.17, 15) is 4.79 Å². The Balaban J connectivity index is 2.21. The van der Waals surface area contributed by atoms with E-state index in [1.807, 2.05) is 6.07 Å². The maximum Gasteiger partial charge on any atom is 0.147 e. The van der Waals surface area contributed by atoms with Crippen molar-refractivity contribution in [2.45, 2.75) is 38.0 Å². The number of carbonyl (C=O) groups is 1. The van der Waals surface area contributed by atoms with E-state index in [-0.39, 0.29) is 11.3 Å². The zero-order valence-corrected chi connectivity index (χ0v) is 11.6. The Labute approximate surface area is 114 Å². The van der Waals surface area contributed by atoms with Crippen molar-refractivity contribution in [1.29, 1.82) is 0 Å². The first-order valence-corrected chi connectivity index (χ1v) is 7.08. The molecule has 0 amide bonds. The Morgan fingerprint density at radius 2 is 2.21 bits per heavy atom. The number of benzene rings is 1. The molecule has 2 bridgehead atoms. The summed E-state index contributed by atoms with van der Waals surface area (Å²) in [5.41, 5.74) is 2.21. The van der Waals surface area contributed by atoms with Gasteiger partial charge < -0.3 is 4.74 Å². The highest BCUT2D eigenvalue weighted by Gasteiger charge is 2.46. The molecule has 2 unspecified atom stereocenters. The zero-order chi connectivity index (χ0) is 13.5. The van der Waals surface area contributed by atoms with Crippen molar-refractivity contribution in [2.75, 3.05) is 7.11 Å². The van der Waals surface area contributed by atoms with Crippen LogP contribution < -0.4 is 4.74 Å². The summed E-state index contributed by atoms with van der Waals surface area (Å²) in [4.78, 5) is 12.9. The van der Waals surface area contributed by atoms with E-state index < -0.39 is 0 Å². The van der Waals surface area contributed by atoms with Crippen LogP contribution in [0.15, 0.2) is 30.4 Å². The van der Waals surface area contributed by atoms with Crippen molar-refractivity contribution in [1.82, 2.24) is 0 Å². The number of hydrogen-bond donors (Lipinski definition) is 0. The van der Waals surface area contributed by atoms with Crippen LogP contribution in [0.1, 0.15) is 37.3 Å². The average molecular weight is 256 g/mol. The topological polar surface area (TPSA) is 26.3 Å². The molecule has 0 N–H and O–H groups in total. The van der Waals surface area contributed by atoms with Gasteiger partial charge >= 0.3 is 0 Å². The van der Waals surface area contributed by atoms with Gasteiger partial charge in [-0.3, -0.25) is 4.79 Å². The van der Waals surface area contributed by atoms with E-state index in [2.05, 4.69) is 31.2 Å². The van der Waals surface area contributed by atoms with Gasteiger partial charge in [-0.1, -0.05) is 25.1 Å². The zero-order valence-electron chi connectivity index (χ0n) is 11.6. The Hall–Kier alpha value is -1.57. The molecule has 0 radical (unpaired) electrons. The number of Topliss-reactive ketones (excluding diaryl/α,β-unsaturated/α-hetero) is 1. The first-order chi connectivity index (χ1) is 9.21. The second-order valence-electron chi connectivity index (χ2n) is 5.64. The quantitative estimate of drug-likeness (QED) is 0.758. The molecule has 3 rings (SSSR count). The maximum atomic E-state index is 12.9. The molecule has 2 aliphatic carbocycles. The third-order valence-corrected chi connectivity index (χ3v) is 4.80. The van der Waals surface area contributed by atoms with Crippen molar-refractivity contribution in [2.24, 2.45) is 5.92 Å². The summed E-state index contributed by atoms with van der Waals surface area (Å²) in [7, 11) is 1.68. The van der Waals surface area contributed by atoms with Gasteiger partial charge in [0.05, 0.1) is 12.5 Å². The molecule has 0 saturated carbocycles. The Kier molecular flexibility index (Phi) is 2.96. The van der Waals surface area contributed by atoms with E-state index in [0.29, 0.717) is 5.78 Å². The maximum absolute atomic E-state index is 12.9. The lowest BCUT2D eigenvalue weighted by Gasteiger charge is -2.39. The molecule has 19 heavy (non-hydrogen) atoms. The van der Waals surface area contributed by atoms with Crippen molar-refractivity contribution >= 4 is 5.78 Å². The van der Waals surface area contributed by atoms with E-state index in [1.165, 1.54) is 11.1 Å². The van der Waals surface area contributed by atoms with Crippen LogP contribution >= 0.6 is 0 Å². The largest absolute Gasteiger partial charge is 0.497 e. The normalized spacial score (nSPS) is 28.7. The second kappa shape index (κ2) is 4.52.